The van der Waals surface area contributed by atoms with Gasteiger partial charge in [0.1, 0.15) is 0 Å². The Bertz CT molecular complexity index is 525. The van der Waals surface area contributed by atoms with Crippen LogP contribution in [0.3, 0.4) is 0 Å². The molecule has 0 amide bonds. The van der Waals surface area contributed by atoms with Crippen molar-refractivity contribution in [1.82, 2.24) is 0 Å². The highest BCUT2D eigenvalue weighted by atomic mass is 31.2. The third kappa shape index (κ3) is 9.01. The Hall–Kier alpha value is -2.26. The van der Waals surface area contributed by atoms with Crippen LogP contribution in [0.5, 0.6) is 0 Å². The van der Waals surface area contributed by atoms with E-state index in [0.717, 1.165) is 6.42 Å². The molecule has 24 heavy (non-hydrogen) atoms. The Morgan fingerprint density at radius 3 is 1.83 bits per heavy atom. The minimum absolute atomic E-state index is 0.0228. The van der Waals surface area contributed by atoms with Crippen LogP contribution in [-0.2, 0) is 47.6 Å². The number of unbranched alkanes of at least 4 members (excludes halogenated alkanes) is 1. The van der Waals surface area contributed by atoms with E-state index in [2.05, 4.69) is 48.4 Å². The lowest BCUT2D eigenvalue weighted by Gasteiger charge is -2.12. The lowest BCUT2D eigenvalue weighted by atomic mass is 10.1. The Labute approximate surface area is 138 Å². The van der Waals surface area contributed by atoms with Crippen molar-refractivity contribution in [2.45, 2.75) is 26.2 Å². The molecule has 0 saturated carbocycles. The van der Waals surface area contributed by atoms with E-state index in [9.17, 15) is 18.9 Å². The van der Waals surface area contributed by atoms with Crippen molar-refractivity contribution in [2.24, 2.45) is 0 Å². The van der Waals surface area contributed by atoms with Gasteiger partial charge in [-0.25, -0.2) is 18.9 Å². The van der Waals surface area contributed by atoms with Gasteiger partial charge in [-0.05, 0) is 12.8 Å². The number of hydrogen-bond donors (Lipinski definition) is 0. The predicted octanol–water partition coefficient (Wildman–Crippen LogP) is 2.64. The van der Waals surface area contributed by atoms with E-state index < -0.39 is 25.7 Å². The number of carbonyl (C=O) groups excluding carboxylic acids is 3. The average Bonchev–Trinajstić information content (AvgIpc) is 2.60. The fraction of sp³-hybridized carbons (Fsp3) is 0.308. The molecule has 10 nitrogen and oxygen atoms in total. The van der Waals surface area contributed by atoms with Crippen LogP contribution in [0.2, 0.25) is 0 Å². The van der Waals surface area contributed by atoms with Gasteiger partial charge in [-0.3, -0.25) is 14.7 Å². The highest BCUT2D eigenvalue weighted by molar-refractivity contribution is 7.48. The topological polar surface area (TPSA) is 124 Å². The number of rotatable bonds is 12. The van der Waals surface area contributed by atoms with Crippen LogP contribution < -0.4 is 0 Å². The molecule has 0 heterocycles. The van der Waals surface area contributed by atoms with E-state index >= 15 is 0 Å². The molecular weight excluding hydrogens is 347 g/mol. The molecule has 0 aliphatic heterocycles. The van der Waals surface area contributed by atoms with E-state index in [1.807, 2.05) is 6.92 Å². The highest BCUT2D eigenvalue weighted by Gasteiger charge is 2.37. The summed E-state index contributed by atoms with van der Waals surface area (Å²) in [5, 5.41) is 0. The molecule has 0 aromatic carbocycles. The van der Waals surface area contributed by atoms with Crippen LogP contribution in [0.4, 0.5) is 0 Å². The van der Waals surface area contributed by atoms with E-state index in [4.69, 9.17) is 0 Å². The molecule has 0 bridgehead atoms. The molecule has 0 N–H and O–H groups in total. The van der Waals surface area contributed by atoms with Crippen LogP contribution in [0.25, 0.3) is 0 Å². The summed E-state index contributed by atoms with van der Waals surface area (Å²) < 4.78 is 24.3. The fourth-order valence-electron chi connectivity index (χ4n) is 0.901. The molecule has 0 aromatic heterocycles. The quantitative estimate of drug-likeness (QED) is 0.221. The first-order valence-corrected chi connectivity index (χ1v) is 7.97. The minimum atomic E-state index is -4.94. The molecule has 0 aliphatic rings. The van der Waals surface area contributed by atoms with Gasteiger partial charge in [0.25, 0.3) is 0 Å². The second-order valence-electron chi connectivity index (χ2n) is 3.96. The molecule has 11 heteroatoms. The SMILES string of the molecule is C=CC(=O)OOP(=O)(OOC(=O)C=C)OOC(=O)C(=C)CCCC. The first-order chi connectivity index (χ1) is 11.3. The second-order valence-corrected chi connectivity index (χ2v) is 5.30. The molecule has 0 spiro atoms. The molecule has 0 atom stereocenters. The number of hydrogen-bond acceptors (Lipinski definition) is 10. The standard InChI is InChI=1S/C13H17O10P/c1-5-8-9-10(4)13(16)20-23-24(17,21-18-11(14)6-2)22-19-12(15)7-3/h6-7H,2-5,8-9H2,1H3. The van der Waals surface area contributed by atoms with E-state index in [1.165, 1.54) is 0 Å². The molecule has 0 aliphatic carbocycles. The number of phosphoric acid groups is 1. The maximum absolute atomic E-state index is 12.0. The monoisotopic (exact) mass is 364 g/mol. The van der Waals surface area contributed by atoms with Gasteiger partial charge in [-0.2, -0.15) is 0 Å². The zero-order valence-corrected chi connectivity index (χ0v) is 13.8. The maximum Gasteiger partial charge on any atom is 0.584 e. The lowest BCUT2D eigenvalue weighted by molar-refractivity contribution is -0.292. The predicted molar refractivity (Wildman–Crippen MR) is 78.2 cm³/mol. The summed E-state index contributed by atoms with van der Waals surface area (Å²) in [5.41, 5.74) is 0.0228. The van der Waals surface area contributed by atoms with Crippen molar-refractivity contribution in [1.29, 1.82) is 0 Å². The second kappa shape index (κ2) is 11.3. The Morgan fingerprint density at radius 2 is 1.42 bits per heavy atom. The Morgan fingerprint density at radius 1 is 0.958 bits per heavy atom. The van der Waals surface area contributed by atoms with Crippen LogP contribution in [0.1, 0.15) is 26.2 Å². The van der Waals surface area contributed by atoms with Crippen LogP contribution in [0.15, 0.2) is 37.5 Å². The van der Waals surface area contributed by atoms with Crippen LogP contribution in [-0.4, -0.2) is 17.9 Å². The van der Waals surface area contributed by atoms with Gasteiger partial charge in [-0.1, -0.05) is 47.1 Å². The first-order valence-electron chi connectivity index (χ1n) is 6.51. The van der Waals surface area contributed by atoms with Crippen molar-refractivity contribution in [3.05, 3.63) is 37.5 Å². The van der Waals surface area contributed by atoms with Crippen LogP contribution >= 0.6 is 7.82 Å². The van der Waals surface area contributed by atoms with Gasteiger partial charge < -0.3 is 0 Å². The summed E-state index contributed by atoms with van der Waals surface area (Å²) in [7, 11) is -4.94. The Kier molecular flexibility index (Phi) is 10.2. The Balaban J connectivity index is 4.76. The molecular formula is C13H17O10P. The normalized spacial score (nSPS) is 10.4. The number of carbonyl (C=O) groups is 3. The van der Waals surface area contributed by atoms with Gasteiger partial charge in [0.2, 0.25) is 0 Å². The minimum Gasteiger partial charge on any atom is -0.283 e. The summed E-state index contributed by atoms with van der Waals surface area (Å²) in [6.45, 7) is 11.4. The van der Waals surface area contributed by atoms with E-state index in [0.29, 0.717) is 25.0 Å². The maximum atomic E-state index is 12.0. The van der Waals surface area contributed by atoms with Gasteiger partial charge in [-0.15, -0.1) is 0 Å². The van der Waals surface area contributed by atoms with Gasteiger partial charge in [0.05, 0.1) is 0 Å². The van der Waals surface area contributed by atoms with Crippen molar-refractivity contribution in [2.75, 3.05) is 0 Å². The summed E-state index contributed by atoms with van der Waals surface area (Å²) in [4.78, 5) is 45.5. The largest absolute Gasteiger partial charge is 0.584 e. The van der Waals surface area contributed by atoms with E-state index in [-0.39, 0.29) is 5.57 Å². The fourth-order valence-corrected chi connectivity index (χ4v) is 1.46. The zero-order valence-electron chi connectivity index (χ0n) is 12.9. The van der Waals surface area contributed by atoms with Gasteiger partial charge >= 0.3 is 25.7 Å². The van der Waals surface area contributed by atoms with Gasteiger partial charge in [0, 0.05) is 17.7 Å². The third-order valence-electron chi connectivity index (χ3n) is 2.08. The molecule has 0 aromatic rings. The summed E-state index contributed by atoms with van der Waals surface area (Å²) in [6.07, 6.45) is 3.10. The van der Waals surface area contributed by atoms with Gasteiger partial charge in [0.15, 0.2) is 0 Å². The zero-order chi connectivity index (χ0) is 18.6. The lowest BCUT2D eigenvalue weighted by Crippen LogP contribution is -2.12. The molecule has 134 valence electrons. The molecule has 0 rings (SSSR count). The van der Waals surface area contributed by atoms with Crippen molar-refractivity contribution >= 4 is 25.7 Å². The highest BCUT2D eigenvalue weighted by Crippen LogP contribution is 2.50. The first kappa shape index (κ1) is 21.7. The van der Waals surface area contributed by atoms with E-state index in [1.54, 1.807) is 0 Å². The molecule has 0 fully saturated rings. The smallest absolute Gasteiger partial charge is 0.283 e. The molecule has 0 saturated heterocycles. The molecule has 0 unspecified atom stereocenters. The van der Waals surface area contributed by atoms with Crippen molar-refractivity contribution in [3.8, 4) is 0 Å². The summed E-state index contributed by atoms with van der Waals surface area (Å²) in [6, 6.07) is 0. The van der Waals surface area contributed by atoms with Crippen molar-refractivity contribution < 1.29 is 47.6 Å². The molecule has 0 radical (unpaired) electrons. The summed E-state index contributed by atoms with van der Waals surface area (Å²) >= 11 is 0. The van der Waals surface area contributed by atoms with Crippen LogP contribution in [0, 0.1) is 0 Å². The summed E-state index contributed by atoms with van der Waals surface area (Å²) in [5.74, 6) is -3.41. The average molecular weight is 364 g/mol. The van der Waals surface area contributed by atoms with Crippen molar-refractivity contribution in [3.63, 3.8) is 0 Å². The third-order valence-corrected chi connectivity index (χ3v) is 2.85.